The van der Waals surface area contributed by atoms with E-state index in [0.29, 0.717) is 25.3 Å². The molecule has 1 saturated heterocycles. The van der Waals surface area contributed by atoms with E-state index in [0.717, 1.165) is 22.9 Å². The van der Waals surface area contributed by atoms with Crippen LogP contribution in [0.4, 0.5) is 0 Å². The van der Waals surface area contributed by atoms with Crippen molar-refractivity contribution in [3.63, 3.8) is 0 Å². The van der Waals surface area contributed by atoms with Crippen LogP contribution in [0.2, 0.25) is 0 Å². The van der Waals surface area contributed by atoms with Gasteiger partial charge in [-0.3, -0.25) is 4.79 Å². The molecule has 0 aromatic heterocycles. The van der Waals surface area contributed by atoms with E-state index in [1.165, 1.54) is 0 Å². The lowest BCUT2D eigenvalue weighted by Crippen LogP contribution is -2.41. The van der Waals surface area contributed by atoms with Gasteiger partial charge in [-0.25, -0.2) is 0 Å². The first-order valence-corrected chi connectivity index (χ1v) is 7.69. The van der Waals surface area contributed by atoms with Crippen molar-refractivity contribution in [3.05, 3.63) is 33.8 Å². The molecule has 1 heterocycles. The number of piperidine rings is 1. The van der Waals surface area contributed by atoms with Gasteiger partial charge in [0.25, 0.3) is 5.91 Å². The Morgan fingerprint density at radius 1 is 1.45 bits per heavy atom. The second-order valence-corrected chi connectivity index (χ2v) is 5.92. The van der Waals surface area contributed by atoms with Crippen LogP contribution >= 0.6 is 15.9 Å². The van der Waals surface area contributed by atoms with Crippen molar-refractivity contribution in [3.8, 4) is 0 Å². The maximum absolute atomic E-state index is 12.5. The van der Waals surface area contributed by atoms with Crippen LogP contribution in [0.15, 0.2) is 22.7 Å². The third-order valence-electron chi connectivity index (χ3n) is 3.53. The Labute approximate surface area is 127 Å². The summed E-state index contributed by atoms with van der Waals surface area (Å²) in [6.07, 6.45) is 1.82. The van der Waals surface area contributed by atoms with E-state index in [1.54, 1.807) is 0 Å². The lowest BCUT2D eigenvalue weighted by atomic mass is 10.1. The van der Waals surface area contributed by atoms with Crippen LogP contribution in [-0.2, 0) is 4.74 Å². The number of hydrogen-bond acceptors (Lipinski definition) is 3. The molecular weight excluding hydrogens is 322 g/mol. The van der Waals surface area contributed by atoms with Crippen molar-refractivity contribution in [2.45, 2.75) is 25.9 Å². The number of carbonyl (C=O) groups excluding carboxylic acids is 1. The van der Waals surface area contributed by atoms with Crippen LogP contribution in [0.1, 0.15) is 28.8 Å². The number of amides is 1. The van der Waals surface area contributed by atoms with Gasteiger partial charge in [-0.1, -0.05) is 6.07 Å². The molecule has 0 radical (unpaired) electrons. The first-order chi connectivity index (χ1) is 9.61. The van der Waals surface area contributed by atoms with Crippen molar-refractivity contribution >= 4 is 21.8 Å². The Bertz CT molecular complexity index is 470. The Morgan fingerprint density at radius 2 is 2.15 bits per heavy atom. The molecule has 5 heteroatoms. The third-order valence-corrected chi connectivity index (χ3v) is 4.19. The molecule has 1 amide bonds. The van der Waals surface area contributed by atoms with Gasteiger partial charge in [0.1, 0.15) is 0 Å². The number of ether oxygens (including phenoxy) is 1. The van der Waals surface area contributed by atoms with E-state index in [2.05, 4.69) is 15.9 Å². The quantitative estimate of drug-likeness (QED) is 0.914. The summed E-state index contributed by atoms with van der Waals surface area (Å²) in [5.74, 6) is 0.0671. The molecule has 1 aliphatic heterocycles. The van der Waals surface area contributed by atoms with E-state index in [1.807, 2.05) is 30.0 Å². The fraction of sp³-hybridized carbons (Fsp3) is 0.533. The minimum Gasteiger partial charge on any atom is -0.394 e. The number of halogens is 1. The Kier molecular flexibility index (Phi) is 5.57. The zero-order chi connectivity index (χ0) is 14.5. The number of aliphatic hydroxyl groups is 1. The second-order valence-electron chi connectivity index (χ2n) is 5.07. The standard InChI is InChI=1S/C15H20BrNO3/c1-11-2-3-13(14(16)10-11)15(19)17-6-4-12(5-7-17)20-9-8-18/h2-3,10,12,18H,4-9H2,1H3. The highest BCUT2D eigenvalue weighted by Gasteiger charge is 2.24. The zero-order valence-electron chi connectivity index (χ0n) is 11.6. The van der Waals surface area contributed by atoms with Gasteiger partial charge in [0, 0.05) is 17.6 Å². The minimum atomic E-state index is 0.0510. The molecule has 0 atom stereocenters. The van der Waals surface area contributed by atoms with Crippen LogP contribution in [0.3, 0.4) is 0 Å². The zero-order valence-corrected chi connectivity index (χ0v) is 13.2. The molecule has 2 rings (SSSR count). The van der Waals surface area contributed by atoms with Gasteiger partial charge in [0.2, 0.25) is 0 Å². The number of rotatable bonds is 4. The Balaban J connectivity index is 1.94. The van der Waals surface area contributed by atoms with Crippen molar-refractivity contribution in [1.29, 1.82) is 0 Å². The van der Waals surface area contributed by atoms with Crippen LogP contribution in [-0.4, -0.2) is 48.3 Å². The number of benzene rings is 1. The van der Waals surface area contributed by atoms with Crippen LogP contribution < -0.4 is 0 Å². The number of aryl methyl sites for hydroxylation is 1. The van der Waals surface area contributed by atoms with E-state index in [4.69, 9.17) is 9.84 Å². The summed E-state index contributed by atoms with van der Waals surface area (Å²) >= 11 is 3.46. The molecule has 1 fully saturated rings. The van der Waals surface area contributed by atoms with Gasteiger partial charge >= 0.3 is 0 Å². The van der Waals surface area contributed by atoms with Crippen LogP contribution in [0, 0.1) is 6.92 Å². The van der Waals surface area contributed by atoms with Crippen LogP contribution in [0.5, 0.6) is 0 Å². The second kappa shape index (κ2) is 7.20. The summed E-state index contributed by atoms with van der Waals surface area (Å²) in [5, 5.41) is 8.74. The van der Waals surface area contributed by atoms with E-state index in [9.17, 15) is 4.79 Å². The molecule has 0 aliphatic carbocycles. The lowest BCUT2D eigenvalue weighted by Gasteiger charge is -2.32. The summed E-state index contributed by atoms with van der Waals surface area (Å²) in [5.41, 5.74) is 1.84. The highest BCUT2D eigenvalue weighted by atomic mass is 79.9. The summed E-state index contributed by atoms with van der Waals surface area (Å²) in [7, 11) is 0. The van der Waals surface area contributed by atoms with Crippen molar-refractivity contribution in [1.82, 2.24) is 4.90 Å². The number of likely N-dealkylation sites (tertiary alicyclic amines) is 1. The van der Waals surface area contributed by atoms with Crippen molar-refractivity contribution in [2.75, 3.05) is 26.3 Å². The summed E-state index contributed by atoms with van der Waals surface area (Å²) in [6, 6.07) is 5.79. The average Bonchev–Trinajstić information content (AvgIpc) is 2.45. The molecule has 0 unspecified atom stereocenters. The van der Waals surface area contributed by atoms with Gasteiger partial charge in [-0.2, -0.15) is 0 Å². The Morgan fingerprint density at radius 3 is 2.75 bits per heavy atom. The van der Waals surface area contributed by atoms with Gasteiger partial charge < -0.3 is 14.7 Å². The maximum atomic E-state index is 12.5. The first kappa shape index (κ1) is 15.5. The van der Waals surface area contributed by atoms with Crippen molar-refractivity contribution in [2.24, 2.45) is 0 Å². The smallest absolute Gasteiger partial charge is 0.255 e. The Hall–Kier alpha value is -0.910. The largest absolute Gasteiger partial charge is 0.394 e. The normalized spacial score (nSPS) is 16.4. The monoisotopic (exact) mass is 341 g/mol. The summed E-state index contributed by atoms with van der Waals surface area (Å²) < 4.78 is 6.36. The molecule has 0 saturated carbocycles. The fourth-order valence-corrected chi connectivity index (χ4v) is 3.07. The van der Waals surface area contributed by atoms with E-state index >= 15 is 0 Å². The van der Waals surface area contributed by atoms with Gasteiger partial charge in [0.15, 0.2) is 0 Å². The average molecular weight is 342 g/mol. The lowest BCUT2D eigenvalue weighted by molar-refractivity contribution is -0.00555. The number of aliphatic hydroxyl groups excluding tert-OH is 1. The van der Waals surface area contributed by atoms with Gasteiger partial charge in [0.05, 0.1) is 24.9 Å². The summed E-state index contributed by atoms with van der Waals surface area (Å²) in [6.45, 7) is 3.84. The highest BCUT2D eigenvalue weighted by Crippen LogP contribution is 2.22. The molecule has 1 aromatic rings. The third kappa shape index (κ3) is 3.81. The maximum Gasteiger partial charge on any atom is 0.255 e. The van der Waals surface area contributed by atoms with Crippen molar-refractivity contribution < 1.29 is 14.6 Å². The van der Waals surface area contributed by atoms with Gasteiger partial charge in [-0.15, -0.1) is 0 Å². The number of hydrogen-bond donors (Lipinski definition) is 1. The number of nitrogens with zero attached hydrogens (tertiary/aromatic N) is 1. The molecule has 1 N–H and O–H groups in total. The fourth-order valence-electron chi connectivity index (χ4n) is 2.41. The molecule has 20 heavy (non-hydrogen) atoms. The number of carbonyl (C=O) groups is 1. The SMILES string of the molecule is Cc1ccc(C(=O)N2CCC(OCCO)CC2)c(Br)c1. The first-order valence-electron chi connectivity index (χ1n) is 6.89. The predicted octanol–water partition coefficient (Wildman–Crippen LogP) is 2.37. The van der Waals surface area contributed by atoms with Gasteiger partial charge in [-0.05, 0) is 53.4 Å². The molecular formula is C15H20BrNO3. The highest BCUT2D eigenvalue weighted by molar-refractivity contribution is 9.10. The predicted molar refractivity (Wildman–Crippen MR) is 80.8 cm³/mol. The summed E-state index contributed by atoms with van der Waals surface area (Å²) in [4.78, 5) is 14.3. The van der Waals surface area contributed by atoms with E-state index in [-0.39, 0.29) is 18.6 Å². The molecule has 0 bridgehead atoms. The molecule has 110 valence electrons. The topological polar surface area (TPSA) is 49.8 Å². The molecule has 1 aliphatic rings. The van der Waals surface area contributed by atoms with E-state index < -0.39 is 0 Å². The molecule has 0 spiro atoms. The van der Waals surface area contributed by atoms with Crippen LogP contribution in [0.25, 0.3) is 0 Å². The molecule has 1 aromatic carbocycles. The minimum absolute atomic E-state index is 0.0510. The molecule has 4 nitrogen and oxygen atoms in total.